The number of unbranched alkanes of at least 4 members (excludes halogenated alkanes) is 2. The molecule has 3 rings (SSSR count). The summed E-state index contributed by atoms with van der Waals surface area (Å²) in [5, 5.41) is 0. The number of fused-ring (bicyclic) bond motifs is 1. The largest absolute Gasteiger partial charge is 0.295 e. The van der Waals surface area contributed by atoms with Gasteiger partial charge in [-0.1, -0.05) is 36.8 Å². The summed E-state index contributed by atoms with van der Waals surface area (Å²) in [6.07, 6.45) is 12.3. The maximum Gasteiger partial charge on any atom is 0.159 e. The zero-order valence-corrected chi connectivity index (χ0v) is 12.5. The van der Waals surface area contributed by atoms with Crippen molar-refractivity contribution in [2.45, 2.75) is 44.9 Å². The van der Waals surface area contributed by atoms with Gasteiger partial charge in [0.15, 0.2) is 5.78 Å². The molecular weight excluding hydrogens is 256 g/mol. The number of hydrogen-bond donors (Lipinski definition) is 0. The van der Waals surface area contributed by atoms with E-state index >= 15 is 0 Å². The molecule has 0 saturated heterocycles. The van der Waals surface area contributed by atoms with Crippen molar-refractivity contribution in [2.24, 2.45) is 11.8 Å². The first-order valence-electron chi connectivity index (χ1n) is 8.09. The first-order valence-corrected chi connectivity index (χ1v) is 8.09. The lowest BCUT2D eigenvalue weighted by atomic mass is 9.65. The zero-order valence-electron chi connectivity index (χ0n) is 12.5. The minimum Gasteiger partial charge on any atom is -0.295 e. The molecule has 1 aromatic rings. The minimum atomic E-state index is 0.369. The number of rotatable bonds is 6. The quantitative estimate of drug-likeness (QED) is 0.547. The molecule has 1 aromatic carbocycles. The molecule has 0 bridgehead atoms. The Bertz CT molecular complexity index is 588. The maximum absolute atomic E-state index is 12.6. The number of Topliss-reactive ketones (excluding diaryl/α,β-unsaturated/α-hetero) is 1. The van der Waals surface area contributed by atoms with Crippen LogP contribution in [0.4, 0.5) is 0 Å². The van der Waals surface area contributed by atoms with Gasteiger partial charge in [0.1, 0.15) is 0 Å². The molecule has 2 atom stereocenters. The first-order chi connectivity index (χ1) is 10.3. The monoisotopic (exact) mass is 278 g/mol. The maximum atomic E-state index is 12.6. The molecule has 0 spiro atoms. The van der Waals surface area contributed by atoms with Gasteiger partial charge in [0.05, 0.1) is 0 Å². The number of terminal acetylenes is 1. The van der Waals surface area contributed by atoms with Crippen LogP contribution in [0.3, 0.4) is 0 Å². The van der Waals surface area contributed by atoms with Crippen LogP contribution in [-0.4, -0.2) is 5.78 Å². The van der Waals surface area contributed by atoms with Crippen molar-refractivity contribution in [3.63, 3.8) is 0 Å². The molecule has 1 nitrogen and oxygen atoms in total. The Hall–Kier alpha value is -1.81. The van der Waals surface area contributed by atoms with Crippen LogP contribution < -0.4 is 0 Å². The molecule has 0 amide bonds. The smallest absolute Gasteiger partial charge is 0.159 e. The number of allylic oxidation sites excluding steroid dienone is 2. The van der Waals surface area contributed by atoms with Gasteiger partial charge in [-0.15, -0.1) is 12.3 Å². The summed E-state index contributed by atoms with van der Waals surface area (Å²) in [4.78, 5) is 12.6. The molecule has 108 valence electrons. The van der Waals surface area contributed by atoms with Crippen molar-refractivity contribution in [3.05, 3.63) is 41.5 Å². The van der Waals surface area contributed by atoms with Crippen LogP contribution in [0.5, 0.6) is 0 Å². The average Bonchev–Trinajstić information content (AvgIpc) is 2.88. The Labute approximate surface area is 127 Å². The molecule has 21 heavy (non-hydrogen) atoms. The molecule has 1 heteroatoms. The van der Waals surface area contributed by atoms with Gasteiger partial charge in [-0.25, -0.2) is 0 Å². The lowest BCUT2D eigenvalue weighted by molar-refractivity contribution is -0.116. The molecule has 2 aliphatic carbocycles. The van der Waals surface area contributed by atoms with Gasteiger partial charge in [0.25, 0.3) is 0 Å². The van der Waals surface area contributed by atoms with E-state index in [0.717, 1.165) is 24.8 Å². The van der Waals surface area contributed by atoms with E-state index in [9.17, 15) is 4.79 Å². The summed E-state index contributed by atoms with van der Waals surface area (Å²) < 4.78 is 0. The number of ketones is 1. The van der Waals surface area contributed by atoms with Gasteiger partial charge in [0, 0.05) is 18.4 Å². The molecule has 2 aliphatic rings. The van der Waals surface area contributed by atoms with Crippen molar-refractivity contribution in [1.29, 1.82) is 0 Å². The normalized spacial score (nSPS) is 23.4. The fourth-order valence-electron chi connectivity index (χ4n) is 3.95. The van der Waals surface area contributed by atoms with Crippen LogP contribution in [0, 0.1) is 24.2 Å². The topological polar surface area (TPSA) is 17.1 Å². The molecule has 1 fully saturated rings. The third-order valence-electron chi connectivity index (χ3n) is 4.91. The Balaban J connectivity index is 1.78. The Morgan fingerprint density at radius 1 is 1.14 bits per heavy atom. The molecule has 0 radical (unpaired) electrons. The summed E-state index contributed by atoms with van der Waals surface area (Å²) >= 11 is 0. The van der Waals surface area contributed by atoms with E-state index in [1.54, 1.807) is 0 Å². The van der Waals surface area contributed by atoms with Crippen LogP contribution in [0.1, 0.15) is 50.5 Å². The van der Waals surface area contributed by atoms with Crippen molar-refractivity contribution < 1.29 is 4.79 Å². The summed E-state index contributed by atoms with van der Waals surface area (Å²) in [6.45, 7) is 0. The van der Waals surface area contributed by atoms with E-state index < -0.39 is 0 Å². The Morgan fingerprint density at radius 3 is 2.67 bits per heavy atom. The van der Waals surface area contributed by atoms with Crippen molar-refractivity contribution in [2.75, 3.05) is 0 Å². The SMILES string of the molecule is C#CCCCCC(=O)C1=C(c2ccccc2)C2CCCC12. The van der Waals surface area contributed by atoms with E-state index in [1.807, 2.05) is 6.07 Å². The molecule has 0 aliphatic heterocycles. The van der Waals surface area contributed by atoms with Gasteiger partial charge < -0.3 is 0 Å². The first kappa shape index (κ1) is 14.1. The number of carbonyl (C=O) groups is 1. The van der Waals surface area contributed by atoms with Gasteiger partial charge >= 0.3 is 0 Å². The predicted octanol–water partition coefficient (Wildman–Crippen LogP) is 4.63. The lowest BCUT2D eigenvalue weighted by Gasteiger charge is -2.37. The van der Waals surface area contributed by atoms with Crippen molar-refractivity contribution in [1.82, 2.24) is 0 Å². The van der Waals surface area contributed by atoms with E-state index in [-0.39, 0.29) is 0 Å². The second kappa shape index (κ2) is 6.31. The van der Waals surface area contributed by atoms with E-state index in [2.05, 4.69) is 30.2 Å². The highest BCUT2D eigenvalue weighted by Gasteiger charge is 2.45. The summed E-state index contributed by atoms with van der Waals surface area (Å²) in [7, 11) is 0. The summed E-state index contributed by atoms with van der Waals surface area (Å²) in [5.41, 5.74) is 3.75. The van der Waals surface area contributed by atoms with Crippen LogP contribution in [0.2, 0.25) is 0 Å². The predicted molar refractivity (Wildman–Crippen MR) is 86.5 cm³/mol. The molecule has 0 aromatic heterocycles. The Morgan fingerprint density at radius 2 is 1.90 bits per heavy atom. The fraction of sp³-hybridized carbons (Fsp3) is 0.450. The van der Waals surface area contributed by atoms with Gasteiger partial charge in [-0.2, -0.15) is 0 Å². The summed E-state index contributed by atoms with van der Waals surface area (Å²) in [6, 6.07) is 10.5. The standard InChI is InChI=1S/C20H22O/c1-2-3-4-8-14-18(21)20-17-13-9-12-16(17)19(20)15-10-6-5-7-11-15/h1,5-7,10-11,16-17H,3-4,8-9,12-14H2. The van der Waals surface area contributed by atoms with E-state index in [4.69, 9.17) is 6.42 Å². The fourth-order valence-corrected chi connectivity index (χ4v) is 3.95. The molecular formula is C20H22O. The van der Waals surface area contributed by atoms with Crippen LogP contribution >= 0.6 is 0 Å². The highest BCUT2D eigenvalue weighted by atomic mass is 16.1. The third kappa shape index (κ3) is 2.68. The molecule has 0 N–H and O–H groups in total. The highest BCUT2D eigenvalue weighted by Crippen LogP contribution is 2.55. The number of benzene rings is 1. The summed E-state index contributed by atoms with van der Waals surface area (Å²) in [5.74, 6) is 4.19. The number of carbonyl (C=O) groups excluding carboxylic acids is 1. The minimum absolute atomic E-state index is 0.369. The molecule has 2 unspecified atom stereocenters. The van der Waals surface area contributed by atoms with Crippen LogP contribution in [0.25, 0.3) is 5.57 Å². The average molecular weight is 278 g/mol. The van der Waals surface area contributed by atoms with E-state index in [1.165, 1.54) is 30.4 Å². The molecule has 0 heterocycles. The Kier molecular flexibility index (Phi) is 4.25. The van der Waals surface area contributed by atoms with Crippen molar-refractivity contribution >= 4 is 11.4 Å². The highest BCUT2D eigenvalue weighted by molar-refractivity contribution is 6.07. The molecule has 1 saturated carbocycles. The van der Waals surface area contributed by atoms with Crippen LogP contribution in [-0.2, 0) is 4.79 Å². The second-order valence-electron chi connectivity index (χ2n) is 6.17. The van der Waals surface area contributed by atoms with Gasteiger partial charge in [-0.3, -0.25) is 4.79 Å². The van der Waals surface area contributed by atoms with Gasteiger partial charge in [0.2, 0.25) is 0 Å². The van der Waals surface area contributed by atoms with E-state index in [0.29, 0.717) is 24.0 Å². The second-order valence-corrected chi connectivity index (χ2v) is 6.17. The zero-order chi connectivity index (χ0) is 14.7. The van der Waals surface area contributed by atoms with Crippen LogP contribution in [0.15, 0.2) is 35.9 Å². The number of hydrogen-bond acceptors (Lipinski definition) is 1. The van der Waals surface area contributed by atoms with Crippen molar-refractivity contribution in [3.8, 4) is 12.3 Å². The third-order valence-corrected chi connectivity index (χ3v) is 4.91. The van der Waals surface area contributed by atoms with Gasteiger partial charge in [-0.05, 0) is 48.7 Å². The lowest BCUT2D eigenvalue weighted by Crippen LogP contribution is -2.30.